The van der Waals surface area contributed by atoms with E-state index in [1.807, 2.05) is 24.3 Å². The number of hydrazone groups is 1. The molecule has 0 bridgehead atoms. The van der Waals surface area contributed by atoms with Crippen LogP contribution in [0, 0.1) is 0 Å². The lowest BCUT2D eigenvalue weighted by Crippen LogP contribution is -2.44. The van der Waals surface area contributed by atoms with E-state index in [0.717, 1.165) is 5.56 Å². The number of hydrogen-bond donors (Lipinski definition) is 1. The molecule has 0 atom stereocenters. The van der Waals surface area contributed by atoms with Crippen LogP contribution < -0.4 is 19.8 Å². The van der Waals surface area contributed by atoms with Crippen molar-refractivity contribution in [2.24, 2.45) is 5.10 Å². The molecular formula is C20H19N3O4. The van der Waals surface area contributed by atoms with Gasteiger partial charge in [0.1, 0.15) is 24.7 Å². The van der Waals surface area contributed by atoms with Crippen LogP contribution in [0.3, 0.4) is 0 Å². The third kappa shape index (κ3) is 4.72. The summed E-state index contributed by atoms with van der Waals surface area (Å²) in [5.74, 6) is 0.570. The number of ether oxygens (including phenoxy) is 2. The van der Waals surface area contributed by atoms with Crippen molar-refractivity contribution in [3.63, 3.8) is 0 Å². The zero-order valence-corrected chi connectivity index (χ0v) is 14.6. The first-order valence-corrected chi connectivity index (χ1v) is 8.35. The predicted octanol–water partition coefficient (Wildman–Crippen LogP) is 2.13. The van der Waals surface area contributed by atoms with Gasteiger partial charge in [0.2, 0.25) is 0 Å². The van der Waals surface area contributed by atoms with Gasteiger partial charge in [-0.2, -0.15) is 5.10 Å². The van der Waals surface area contributed by atoms with Crippen molar-refractivity contribution in [2.45, 2.75) is 0 Å². The van der Waals surface area contributed by atoms with E-state index in [2.05, 4.69) is 17.1 Å². The molecule has 0 aliphatic carbocycles. The topological polar surface area (TPSA) is 80.2 Å². The Hall–Kier alpha value is -3.61. The Labute approximate surface area is 156 Å². The van der Waals surface area contributed by atoms with Gasteiger partial charge in [0.05, 0.1) is 11.9 Å². The maximum absolute atomic E-state index is 12.2. The predicted molar refractivity (Wildman–Crippen MR) is 102 cm³/mol. The second kappa shape index (κ2) is 8.66. The van der Waals surface area contributed by atoms with Gasteiger partial charge in [0.15, 0.2) is 6.61 Å². The Morgan fingerprint density at radius 2 is 2.15 bits per heavy atom. The normalized spacial score (nSPS) is 13.0. The first-order valence-electron chi connectivity index (χ1n) is 8.35. The van der Waals surface area contributed by atoms with Gasteiger partial charge in [0, 0.05) is 0 Å². The molecular weight excluding hydrogens is 346 g/mol. The highest BCUT2D eigenvalue weighted by molar-refractivity contribution is 6.02. The summed E-state index contributed by atoms with van der Waals surface area (Å²) in [7, 11) is 0. The van der Waals surface area contributed by atoms with E-state index in [0.29, 0.717) is 23.8 Å². The minimum Gasteiger partial charge on any atom is -0.490 e. The zero-order valence-electron chi connectivity index (χ0n) is 14.6. The van der Waals surface area contributed by atoms with Gasteiger partial charge < -0.3 is 9.47 Å². The number of carbonyl (C=O) groups is 2. The van der Waals surface area contributed by atoms with E-state index in [4.69, 9.17) is 9.47 Å². The van der Waals surface area contributed by atoms with Crippen molar-refractivity contribution in [2.75, 3.05) is 24.7 Å². The average Bonchev–Trinajstić information content (AvgIpc) is 2.69. The van der Waals surface area contributed by atoms with Crippen molar-refractivity contribution in [1.82, 2.24) is 5.43 Å². The number of anilines is 1. The highest BCUT2D eigenvalue weighted by Crippen LogP contribution is 2.31. The molecule has 2 aromatic rings. The molecule has 2 aromatic carbocycles. The van der Waals surface area contributed by atoms with Crippen LogP contribution in [0.5, 0.6) is 11.5 Å². The largest absolute Gasteiger partial charge is 0.490 e. The maximum Gasteiger partial charge on any atom is 0.265 e. The summed E-state index contributed by atoms with van der Waals surface area (Å²) in [5, 5.41) is 3.94. The molecule has 7 nitrogen and oxygen atoms in total. The number of carbonyl (C=O) groups excluding carboxylic acids is 2. The number of fused-ring (bicyclic) bond motifs is 1. The fourth-order valence-electron chi connectivity index (χ4n) is 2.52. The van der Waals surface area contributed by atoms with Crippen molar-refractivity contribution in [3.8, 4) is 11.5 Å². The van der Waals surface area contributed by atoms with E-state index < -0.39 is 5.91 Å². The molecule has 7 heteroatoms. The Bertz CT molecular complexity index is 879. The fraction of sp³-hybridized carbons (Fsp3) is 0.150. The van der Waals surface area contributed by atoms with Gasteiger partial charge >= 0.3 is 0 Å². The Morgan fingerprint density at radius 3 is 3.00 bits per heavy atom. The highest BCUT2D eigenvalue weighted by atomic mass is 16.5. The molecule has 27 heavy (non-hydrogen) atoms. The van der Waals surface area contributed by atoms with Crippen molar-refractivity contribution in [1.29, 1.82) is 0 Å². The summed E-state index contributed by atoms with van der Waals surface area (Å²) in [4.78, 5) is 25.6. The molecule has 138 valence electrons. The molecule has 1 heterocycles. The number of hydrogen-bond acceptors (Lipinski definition) is 5. The second-order valence-electron chi connectivity index (χ2n) is 5.70. The molecule has 0 spiro atoms. The van der Waals surface area contributed by atoms with Gasteiger partial charge in [-0.3, -0.25) is 14.5 Å². The van der Waals surface area contributed by atoms with Crippen molar-refractivity contribution >= 4 is 23.7 Å². The quantitative estimate of drug-likeness (QED) is 0.463. The van der Waals surface area contributed by atoms with Crippen LogP contribution in [0.1, 0.15) is 5.56 Å². The summed E-state index contributed by atoms with van der Waals surface area (Å²) in [6.45, 7) is 3.78. The van der Waals surface area contributed by atoms with Gasteiger partial charge in [-0.05, 0) is 29.8 Å². The number of nitrogens with zero attached hydrogens (tertiary/aromatic N) is 2. The number of rotatable bonds is 7. The molecule has 1 aliphatic rings. The molecule has 0 saturated heterocycles. The van der Waals surface area contributed by atoms with Crippen LogP contribution in [0.15, 0.2) is 66.3 Å². The third-order valence-electron chi connectivity index (χ3n) is 3.74. The molecule has 1 N–H and O–H groups in total. The van der Waals surface area contributed by atoms with Gasteiger partial charge in [-0.1, -0.05) is 36.9 Å². The molecule has 0 saturated carbocycles. The maximum atomic E-state index is 12.2. The SMILES string of the molecule is C=CCOc1cccc(/C=N\NC(=O)CN2C(=O)COc3ccccc32)c1. The van der Waals surface area contributed by atoms with Gasteiger partial charge in [0.25, 0.3) is 11.8 Å². The molecule has 1 aliphatic heterocycles. The first kappa shape index (κ1) is 18.2. The molecule has 2 amide bonds. The van der Waals surface area contributed by atoms with Crippen LogP contribution in [0.25, 0.3) is 0 Å². The molecule has 0 fully saturated rings. The van der Waals surface area contributed by atoms with E-state index in [1.165, 1.54) is 11.1 Å². The average molecular weight is 365 g/mol. The number of nitrogens with one attached hydrogen (secondary N) is 1. The van der Waals surface area contributed by atoms with Crippen molar-refractivity contribution in [3.05, 3.63) is 66.7 Å². The van der Waals surface area contributed by atoms with E-state index in [9.17, 15) is 9.59 Å². The van der Waals surface area contributed by atoms with E-state index in [1.54, 1.807) is 30.3 Å². The first-order chi connectivity index (χ1) is 13.2. The Morgan fingerprint density at radius 1 is 1.30 bits per heavy atom. The summed E-state index contributed by atoms with van der Waals surface area (Å²) < 4.78 is 10.8. The highest BCUT2D eigenvalue weighted by Gasteiger charge is 2.26. The number of amides is 2. The minimum atomic E-state index is -0.407. The summed E-state index contributed by atoms with van der Waals surface area (Å²) >= 11 is 0. The van der Waals surface area contributed by atoms with Crippen molar-refractivity contribution < 1.29 is 19.1 Å². The monoisotopic (exact) mass is 365 g/mol. The van der Waals surface area contributed by atoms with Crippen LogP contribution in [-0.2, 0) is 9.59 Å². The van der Waals surface area contributed by atoms with Crippen LogP contribution >= 0.6 is 0 Å². The number of benzene rings is 2. The number of para-hydroxylation sites is 2. The molecule has 0 radical (unpaired) electrons. The summed E-state index contributed by atoms with van der Waals surface area (Å²) in [6, 6.07) is 14.4. The van der Waals surface area contributed by atoms with E-state index >= 15 is 0 Å². The molecule has 0 aromatic heterocycles. The lowest BCUT2D eigenvalue weighted by molar-refractivity contribution is -0.125. The fourth-order valence-corrected chi connectivity index (χ4v) is 2.52. The van der Waals surface area contributed by atoms with Crippen LogP contribution in [0.2, 0.25) is 0 Å². The van der Waals surface area contributed by atoms with E-state index in [-0.39, 0.29) is 19.1 Å². The summed E-state index contributed by atoms with van der Waals surface area (Å²) in [6.07, 6.45) is 3.17. The third-order valence-corrected chi connectivity index (χ3v) is 3.74. The summed E-state index contributed by atoms with van der Waals surface area (Å²) in [5.41, 5.74) is 3.77. The Kier molecular flexibility index (Phi) is 5.84. The lowest BCUT2D eigenvalue weighted by Gasteiger charge is -2.28. The second-order valence-corrected chi connectivity index (χ2v) is 5.70. The zero-order chi connectivity index (χ0) is 19.1. The molecule has 0 unspecified atom stereocenters. The standard InChI is InChI=1S/C20H19N3O4/c1-2-10-26-16-7-5-6-15(11-16)12-21-22-19(24)13-23-17-8-3-4-9-18(17)27-14-20(23)25/h2-9,11-12H,1,10,13-14H2,(H,22,24)/b21-12-. The van der Waals surface area contributed by atoms with Crippen LogP contribution in [0.4, 0.5) is 5.69 Å². The lowest BCUT2D eigenvalue weighted by atomic mass is 10.2. The van der Waals surface area contributed by atoms with Gasteiger partial charge in [-0.15, -0.1) is 0 Å². The van der Waals surface area contributed by atoms with Crippen LogP contribution in [-0.4, -0.2) is 37.8 Å². The smallest absolute Gasteiger partial charge is 0.265 e. The minimum absolute atomic E-state index is 0.0922. The Balaban J connectivity index is 1.59. The molecule has 3 rings (SSSR count). The van der Waals surface area contributed by atoms with Gasteiger partial charge in [-0.25, -0.2) is 5.43 Å².